The van der Waals surface area contributed by atoms with Gasteiger partial charge in [-0.3, -0.25) is 4.79 Å². The van der Waals surface area contributed by atoms with Crippen LogP contribution in [0.3, 0.4) is 0 Å². The van der Waals surface area contributed by atoms with Crippen molar-refractivity contribution in [3.8, 4) is 0 Å². The fourth-order valence-corrected chi connectivity index (χ4v) is 1.22. The molecule has 4 N–H and O–H groups in total. The van der Waals surface area contributed by atoms with E-state index in [0.717, 1.165) is 11.1 Å². The molecule has 3 nitrogen and oxygen atoms in total. The monoisotopic (exact) mass is 178 g/mol. The van der Waals surface area contributed by atoms with Crippen LogP contribution in [0.5, 0.6) is 0 Å². The number of hydrogen-bond donors (Lipinski definition) is 2. The van der Waals surface area contributed by atoms with Crippen molar-refractivity contribution >= 4 is 5.91 Å². The molecular weight excluding hydrogens is 164 g/mol. The maximum atomic E-state index is 11.0. The fourth-order valence-electron chi connectivity index (χ4n) is 1.22. The van der Waals surface area contributed by atoms with Crippen molar-refractivity contribution in [3.05, 3.63) is 35.4 Å². The highest BCUT2D eigenvalue weighted by Crippen LogP contribution is 2.14. The Hall–Kier alpha value is -1.35. The molecule has 0 radical (unpaired) electrons. The maximum absolute atomic E-state index is 11.0. The minimum absolute atomic E-state index is 0.262. The first kappa shape index (κ1) is 9.74. The van der Waals surface area contributed by atoms with Gasteiger partial charge < -0.3 is 11.5 Å². The van der Waals surface area contributed by atoms with Crippen molar-refractivity contribution in [1.82, 2.24) is 0 Å². The van der Waals surface area contributed by atoms with Gasteiger partial charge in [0, 0.05) is 6.54 Å². The first-order chi connectivity index (χ1) is 6.15. The fraction of sp³-hybridized carbons (Fsp3) is 0.300. The van der Waals surface area contributed by atoms with Crippen molar-refractivity contribution in [3.63, 3.8) is 0 Å². The molecule has 3 heteroatoms. The molecule has 1 unspecified atom stereocenters. The van der Waals surface area contributed by atoms with E-state index in [2.05, 4.69) is 0 Å². The van der Waals surface area contributed by atoms with Crippen LogP contribution in [-0.2, 0) is 4.79 Å². The Morgan fingerprint density at radius 1 is 1.38 bits per heavy atom. The first-order valence-corrected chi connectivity index (χ1v) is 4.21. The van der Waals surface area contributed by atoms with Crippen LogP contribution in [0.4, 0.5) is 0 Å². The van der Waals surface area contributed by atoms with Gasteiger partial charge in [-0.2, -0.15) is 0 Å². The summed E-state index contributed by atoms with van der Waals surface area (Å²) >= 11 is 0. The summed E-state index contributed by atoms with van der Waals surface area (Å²) in [5.74, 6) is -0.730. The zero-order chi connectivity index (χ0) is 9.84. The van der Waals surface area contributed by atoms with E-state index in [4.69, 9.17) is 11.5 Å². The van der Waals surface area contributed by atoms with Crippen molar-refractivity contribution in [1.29, 1.82) is 0 Å². The van der Waals surface area contributed by atoms with Gasteiger partial charge in [0.25, 0.3) is 0 Å². The van der Waals surface area contributed by atoms with Crippen LogP contribution >= 0.6 is 0 Å². The predicted molar refractivity (Wildman–Crippen MR) is 52.2 cm³/mol. The van der Waals surface area contributed by atoms with Gasteiger partial charge in [-0.05, 0) is 12.5 Å². The zero-order valence-corrected chi connectivity index (χ0v) is 7.66. The Kier molecular flexibility index (Phi) is 3.03. The molecule has 70 valence electrons. The molecule has 0 aliphatic heterocycles. The molecule has 0 fully saturated rings. The van der Waals surface area contributed by atoms with E-state index in [1.165, 1.54) is 0 Å². The Morgan fingerprint density at radius 2 is 1.92 bits per heavy atom. The van der Waals surface area contributed by atoms with Gasteiger partial charge in [0.15, 0.2) is 0 Å². The molecular formula is C10H14N2O. The van der Waals surface area contributed by atoms with Gasteiger partial charge in [-0.1, -0.05) is 29.8 Å². The summed E-state index contributed by atoms with van der Waals surface area (Å²) < 4.78 is 0. The lowest BCUT2D eigenvalue weighted by atomic mass is 9.98. The number of carbonyl (C=O) groups excluding carboxylic acids is 1. The van der Waals surface area contributed by atoms with Crippen LogP contribution < -0.4 is 11.5 Å². The second kappa shape index (κ2) is 4.05. The number of carbonyl (C=O) groups is 1. The van der Waals surface area contributed by atoms with E-state index in [-0.39, 0.29) is 18.4 Å². The number of primary amides is 1. The van der Waals surface area contributed by atoms with E-state index in [9.17, 15) is 4.79 Å². The van der Waals surface area contributed by atoms with Crippen LogP contribution in [-0.4, -0.2) is 12.5 Å². The molecule has 1 atom stereocenters. The molecule has 1 rings (SSSR count). The van der Waals surface area contributed by atoms with E-state index in [0.29, 0.717) is 0 Å². The van der Waals surface area contributed by atoms with Crippen LogP contribution in [0.2, 0.25) is 0 Å². The number of nitrogens with two attached hydrogens (primary N) is 2. The number of benzene rings is 1. The first-order valence-electron chi connectivity index (χ1n) is 4.21. The van der Waals surface area contributed by atoms with Crippen molar-refractivity contribution < 1.29 is 4.79 Å². The zero-order valence-electron chi connectivity index (χ0n) is 7.66. The molecule has 0 spiro atoms. The highest BCUT2D eigenvalue weighted by Gasteiger charge is 2.14. The molecule has 1 aromatic rings. The molecule has 0 aliphatic rings. The van der Waals surface area contributed by atoms with E-state index in [1.807, 2.05) is 31.2 Å². The standard InChI is InChI=1S/C10H14N2O/c1-7-2-4-8(5-3-7)9(6-11)10(12)13/h2-5,9H,6,11H2,1H3,(H2,12,13). The van der Waals surface area contributed by atoms with Crippen LogP contribution in [0.1, 0.15) is 17.0 Å². The minimum Gasteiger partial charge on any atom is -0.369 e. The lowest BCUT2D eigenvalue weighted by Crippen LogP contribution is -2.27. The van der Waals surface area contributed by atoms with Crippen molar-refractivity contribution in [2.24, 2.45) is 11.5 Å². The predicted octanol–water partition coefficient (Wildman–Crippen LogP) is 0.523. The summed E-state index contributed by atoms with van der Waals surface area (Å²) in [5.41, 5.74) is 12.7. The number of rotatable bonds is 3. The molecule has 1 amide bonds. The van der Waals surface area contributed by atoms with Crippen molar-refractivity contribution in [2.75, 3.05) is 6.54 Å². The Balaban J connectivity index is 2.92. The quantitative estimate of drug-likeness (QED) is 0.708. The lowest BCUT2D eigenvalue weighted by Gasteiger charge is -2.10. The maximum Gasteiger partial charge on any atom is 0.226 e. The van der Waals surface area contributed by atoms with Crippen LogP contribution in [0.15, 0.2) is 24.3 Å². The summed E-state index contributed by atoms with van der Waals surface area (Å²) in [6.07, 6.45) is 0. The van der Waals surface area contributed by atoms with Gasteiger partial charge in [0.2, 0.25) is 5.91 Å². The topological polar surface area (TPSA) is 69.1 Å². The summed E-state index contributed by atoms with van der Waals surface area (Å²) in [5, 5.41) is 0. The molecule has 0 aromatic heterocycles. The summed E-state index contributed by atoms with van der Waals surface area (Å²) in [6, 6.07) is 7.66. The van der Waals surface area contributed by atoms with E-state index >= 15 is 0 Å². The van der Waals surface area contributed by atoms with Gasteiger partial charge in [0.05, 0.1) is 5.92 Å². The van der Waals surface area contributed by atoms with E-state index < -0.39 is 0 Å². The Morgan fingerprint density at radius 3 is 2.31 bits per heavy atom. The van der Waals surface area contributed by atoms with Crippen LogP contribution in [0.25, 0.3) is 0 Å². The van der Waals surface area contributed by atoms with Gasteiger partial charge in [0.1, 0.15) is 0 Å². The summed E-state index contributed by atoms with van der Waals surface area (Å²) in [7, 11) is 0. The highest BCUT2D eigenvalue weighted by molar-refractivity contribution is 5.82. The third kappa shape index (κ3) is 2.29. The largest absolute Gasteiger partial charge is 0.369 e. The molecule has 13 heavy (non-hydrogen) atoms. The summed E-state index contributed by atoms with van der Waals surface area (Å²) in [6.45, 7) is 2.25. The molecule has 1 aromatic carbocycles. The molecule has 0 bridgehead atoms. The smallest absolute Gasteiger partial charge is 0.226 e. The average molecular weight is 178 g/mol. The number of amides is 1. The second-order valence-corrected chi connectivity index (χ2v) is 3.10. The van der Waals surface area contributed by atoms with E-state index in [1.54, 1.807) is 0 Å². The molecule has 0 saturated heterocycles. The summed E-state index contributed by atoms with van der Waals surface area (Å²) in [4.78, 5) is 11.0. The van der Waals surface area contributed by atoms with Gasteiger partial charge >= 0.3 is 0 Å². The number of aryl methyl sites for hydroxylation is 1. The normalized spacial score (nSPS) is 12.5. The Labute approximate surface area is 77.7 Å². The SMILES string of the molecule is Cc1ccc(C(CN)C(N)=O)cc1. The lowest BCUT2D eigenvalue weighted by molar-refractivity contribution is -0.119. The second-order valence-electron chi connectivity index (χ2n) is 3.10. The van der Waals surface area contributed by atoms with Gasteiger partial charge in [-0.15, -0.1) is 0 Å². The van der Waals surface area contributed by atoms with Crippen LogP contribution in [0, 0.1) is 6.92 Å². The van der Waals surface area contributed by atoms with Crippen molar-refractivity contribution in [2.45, 2.75) is 12.8 Å². The third-order valence-electron chi connectivity index (χ3n) is 2.06. The third-order valence-corrected chi connectivity index (χ3v) is 2.06. The molecule has 0 saturated carbocycles. The highest BCUT2D eigenvalue weighted by atomic mass is 16.1. The molecule has 0 aliphatic carbocycles. The average Bonchev–Trinajstić information content (AvgIpc) is 2.09. The minimum atomic E-state index is -0.369. The molecule has 0 heterocycles. The Bertz CT molecular complexity index is 292. The van der Waals surface area contributed by atoms with Gasteiger partial charge in [-0.25, -0.2) is 0 Å². The number of hydrogen-bond acceptors (Lipinski definition) is 2.